The SMILES string of the molecule is Oc1ccc(-c2cc3c(ccc4sc5ccc6sc7ccc8sc(-c9ccc(O)cc9)cc8c7c6c5c43)s2)cc1. The summed E-state index contributed by atoms with van der Waals surface area (Å²) < 4.78 is 7.82. The van der Waals surface area contributed by atoms with Gasteiger partial charge in [0.2, 0.25) is 0 Å². The van der Waals surface area contributed by atoms with Crippen LogP contribution in [-0.2, 0) is 0 Å². The summed E-state index contributed by atoms with van der Waals surface area (Å²) in [5.41, 5.74) is 2.25. The van der Waals surface area contributed by atoms with Crippen LogP contribution in [0.15, 0.2) is 97.1 Å². The second-order valence-electron chi connectivity index (χ2n) is 10.0. The molecule has 9 aromatic rings. The van der Waals surface area contributed by atoms with Crippen molar-refractivity contribution in [3.63, 3.8) is 0 Å². The van der Waals surface area contributed by atoms with Crippen LogP contribution in [-0.4, -0.2) is 10.2 Å². The number of rotatable bonds is 2. The lowest BCUT2D eigenvalue weighted by molar-refractivity contribution is 0.475. The summed E-state index contributed by atoms with van der Waals surface area (Å²) in [7, 11) is 0. The fourth-order valence-corrected chi connectivity index (χ4v) is 10.3. The number of hydrogen-bond acceptors (Lipinski definition) is 6. The first-order valence-electron chi connectivity index (χ1n) is 12.9. The third kappa shape index (κ3) is 3.25. The zero-order chi connectivity index (χ0) is 26.5. The Balaban J connectivity index is 1.39. The molecule has 0 aliphatic carbocycles. The molecule has 0 fully saturated rings. The molecule has 4 aromatic heterocycles. The van der Waals surface area contributed by atoms with Crippen LogP contribution in [0.5, 0.6) is 11.5 Å². The predicted octanol–water partition coefficient (Wildman–Crippen LogP) is 11.6. The molecule has 190 valence electrons. The molecule has 9 rings (SSSR count). The highest BCUT2D eigenvalue weighted by Gasteiger charge is 2.19. The third-order valence-corrected chi connectivity index (χ3v) is 12.2. The van der Waals surface area contributed by atoms with Crippen LogP contribution in [0.3, 0.4) is 0 Å². The Morgan fingerprint density at radius 1 is 0.350 bits per heavy atom. The van der Waals surface area contributed by atoms with Gasteiger partial charge in [-0.3, -0.25) is 0 Å². The molecule has 4 heterocycles. The molecule has 0 radical (unpaired) electrons. The molecule has 0 bridgehead atoms. The van der Waals surface area contributed by atoms with E-state index in [4.69, 9.17) is 0 Å². The number of phenolic OH excluding ortho intramolecular Hbond substituents is 2. The van der Waals surface area contributed by atoms with Crippen LogP contribution in [0.4, 0.5) is 0 Å². The largest absolute Gasteiger partial charge is 0.508 e. The second-order valence-corrected chi connectivity index (χ2v) is 14.4. The highest BCUT2D eigenvalue weighted by Crippen LogP contribution is 2.50. The second kappa shape index (κ2) is 8.29. The van der Waals surface area contributed by atoms with E-state index in [1.54, 1.807) is 24.3 Å². The maximum atomic E-state index is 9.79. The highest BCUT2D eigenvalue weighted by atomic mass is 32.1. The summed E-state index contributed by atoms with van der Waals surface area (Å²) in [6.07, 6.45) is 0. The van der Waals surface area contributed by atoms with Gasteiger partial charge in [-0.05, 0) is 108 Å². The lowest BCUT2D eigenvalue weighted by atomic mass is 10.0. The van der Waals surface area contributed by atoms with Gasteiger partial charge in [0.05, 0.1) is 0 Å². The number of thiophene rings is 4. The Hall–Kier alpha value is -3.94. The Labute approximate surface area is 244 Å². The first kappa shape index (κ1) is 22.8. The van der Waals surface area contributed by atoms with Gasteiger partial charge in [-0.15, -0.1) is 45.3 Å². The fourth-order valence-electron chi connectivity index (χ4n) is 5.87. The molecule has 0 spiro atoms. The van der Waals surface area contributed by atoms with Crippen LogP contribution < -0.4 is 0 Å². The van der Waals surface area contributed by atoms with Crippen molar-refractivity contribution in [3.8, 4) is 32.4 Å². The first-order valence-corrected chi connectivity index (χ1v) is 16.1. The van der Waals surface area contributed by atoms with Crippen molar-refractivity contribution >= 4 is 106 Å². The molecule has 2 nitrogen and oxygen atoms in total. The molecule has 0 aliphatic heterocycles. The first-order chi connectivity index (χ1) is 19.6. The summed E-state index contributed by atoms with van der Waals surface area (Å²) in [6.45, 7) is 0. The van der Waals surface area contributed by atoms with E-state index in [1.165, 1.54) is 70.3 Å². The zero-order valence-corrected chi connectivity index (χ0v) is 24.0. The van der Waals surface area contributed by atoms with Gasteiger partial charge in [-0.25, -0.2) is 0 Å². The summed E-state index contributed by atoms with van der Waals surface area (Å²) >= 11 is 7.36. The average molecular weight is 587 g/mol. The number of benzene rings is 5. The van der Waals surface area contributed by atoms with Gasteiger partial charge in [-0.2, -0.15) is 0 Å². The standard InChI is InChI=1S/C34H18O2S4/c35-19-5-1-17(2-6-19)29-15-21-23(37-29)9-11-25-31(21)33-27(39-25)13-14-28-34(33)32-22-16-30(18-3-7-20(36)8-4-18)38-24(22)10-12-26(32)40-28/h1-16,35-36H. The van der Waals surface area contributed by atoms with E-state index in [0.29, 0.717) is 0 Å². The number of fused-ring (bicyclic) bond motifs is 11. The van der Waals surface area contributed by atoms with Crippen LogP contribution >= 0.6 is 45.3 Å². The minimum atomic E-state index is 0.288. The van der Waals surface area contributed by atoms with Crippen molar-refractivity contribution < 1.29 is 10.2 Å². The van der Waals surface area contributed by atoms with Crippen molar-refractivity contribution in [1.82, 2.24) is 0 Å². The van der Waals surface area contributed by atoms with E-state index in [2.05, 4.69) is 48.5 Å². The third-order valence-electron chi connectivity index (χ3n) is 7.70. The van der Waals surface area contributed by atoms with Gasteiger partial charge in [0.15, 0.2) is 0 Å². The van der Waals surface area contributed by atoms with E-state index < -0.39 is 0 Å². The Bertz CT molecular complexity index is 2260. The monoisotopic (exact) mass is 586 g/mol. The van der Waals surface area contributed by atoms with Gasteiger partial charge < -0.3 is 10.2 Å². The Morgan fingerprint density at radius 3 is 1.10 bits per heavy atom. The average Bonchev–Trinajstić information content (AvgIpc) is 3.74. The Kier molecular flexibility index (Phi) is 4.73. The smallest absolute Gasteiger partial charge is 0.115 e. The Morgan fingerprint density at radius 2 is 0.700 bits per heavy atom. The summed E-state index contributed by atoms with van der Waals surface area (Å²) in [5, 5.41) is 27.6. The molecule has 40 heavy (non-hydrogen) atoms. The van der Waals surface area contributed by atoms with Crippen molar-refractivity contribution in [2.24, 2.45) is 0 Å². The summed E-state index contributed by atoms with van der Waals surface area (Å²) in [5.74, 6) is 0.576. The number of aromatic hydroxyl groups is 2. The van der Waals surface area contributed by atoms with Crippen LogP contribution in [0, 0.1) is 0 Å². The molecule has 0 amide bonds. The molecule has 5 aromatic carbocycles. The topological polar surface area (TPSA) is 40.5 Å². The zero-order valence-electron chi connectivity index (χ0n) is 20.8. The lowest BCUT2D eigenvalue weighted by Gasteiger charge is -2.00. The van der Waals surface area contributed by atoms with E-state index in [0.717, 1.165) is 11.1 Å². The predicted molar refractivity (Wildman–Crippen MR) is 177 cm³/mol. The quantitative estimate of drug-likeness (QED) is 0.211. The lowest BCUT2D eigenvalue weighted by Crippen LogP contribution is -1.74. The molecule has 0 saturated heterocycles. The number of phenols is 2. The molecular weight excluding hydrogens is 569 g/mol. The highest BCUT2D eigenvalue weighted by molar-refractivity contribution is 7.29. The van der Waals surface area contributed by atoms with Crippen LogP contribution in [0.1, 0.15) is 0 Å². The van der Waals surface area contributed by atoms with Gasteiger partial charge >= 0.3 is 0 Å². The van der Waals surface area contributed by atoms with Crippen LogP contribution in [0.25, 0.3) is 81.4 Å². The van der Waals surface area contributed by atoms with Gasteiger partial charge in [0.1, 0.15) is 11.5 Å². The van der Waals surface area contributed by atoms with Gasteiger partial charge in [-0.1, -0.05) is 0 Å². The van der Waals surface area contributed by atoms with Crippen molar-refractivity contribution in [2.75, 3.05) is 0 Å². The minimum absolute atomic E-state index is 0.288. The minimum Gasteiger partial charge on any atom is -0.508 e. The maximum absolute atomic E-state index is 9.79. The molecule has 0 unspecified atom stereocenters. The summed E-state index contributed by atoms with van der Waals surface area (Å²) in [6, 6.07) is 33.3. The molecule has 6 heteroatoms. The van der Waals surface area contributed by atoms with Gasteiger partial charge in [0.25, 0.3) is 0 Å². The summed E-state index contributed by atoms with van der Waals surface area (Å²) in [4.78, 5) is 2.42. The normalized spacial score (nSPS) is 12.2. The van der Waals surface area contributed by atoms with Crippen LogP contribution in [0.2, 0.25) is 0 Å². The fraction of sp³-hybridized carbons (Fsp3) is 0. The molecular formula is C34H18O2S4. The van der Waals surface area contributed by atoms with Gasteiger partial charge in [0, 0.05) is 70.3 Å². The van der Waals surface area contributed by atoms with Crippen molar-refractivity contribution in [2.45, 2.75) is 0 Å². The van der Waals surface area contributed by atoms with E-state index in [1.807, 2.05) is 69.6 Å². The molecule has 0 atom stereocenters. The molecule has 2 N–H and O–H groups in total. The van der Waals surface area contributed by atoms with Crippen molar-refractivity contribution in [3.05, 3.63) is 97.1 Å². The van der Waals surface area contributed by atoms with E-state index in [9.17, 15) is 10.2 Å². The molecule has 0 saturated carbocycles. The van der Waals surface area contributed by atoms with Crippen molar-refractivity contribution in [1.29, 1.82) is 0 Å². The maximum Gasteiger partial charge on any atom is 0.115 e. The van der Waals surface area contributed by atoms with E-state index in [-0.39, 0.29) is 11.5 Å². The molecule has 0 aliphatic rings. The number of hydrogen-bond donors (Lipinski definition) is 2. The van der Waals surface area contributed by atoms with E-state index >= 15 is 0 Å².